The predicted octanol–water partition coefficient (Wildman–Crippen LogP) is 8.53. The Balaban J connectivity index is 1.14. The van der Waals surface area contributed by atoms with E-state index in [4.69, 9.17) is 0 Å². The molecule has 0 aliphatic carbocycles. The second-order valence-electron chi connectivity index (χ2n) is 9.22. The van der Waals surface area contributed by atoms with E-state index < -0.39 is 0 Å². The molecule has 0 unspecified atom stereocenters. The fourth-order valence-corrected chi connectivity index (χ4v) is 4.05. The van der Waals surface area contributed by atoms with Crippen molar-refractivity contribution in [3.05, 3.63) is 167 Å². The van der Waals surface area contributed by atoms with E-state index in [1.54, 1.807) is 24.3 Å². The minimum atomic E-state index is -0.237. The van der Waals surface area contributed by atoms with Crippen molar-refractivity contribution >= 4 is 47.5 Å². The molecule has 0 bridgehead atoms. The molecule has 5 rings (SSSR count). The molecule has 0 radical (unpaired) electrons. The number of carbonyl (C=O) groups excluding carboxylic acids is 2. The van der Waals surface area contributed by atoms with Crippen LogP contribution < -0.4 is 10.6 Å². The highest BCUT2D eigenvalue weighted by molar-refractivity contribution is 6.07. The number of hydrogen-bond donors (Lipinski definition) is 2. The molecule has 5 aromatic rings. The van der Waals surface area contributed by atoms with Gasteiger partial charge in [-0.15, -0.1) is 0 Å². The quantitative estimate of drug-likeness (QED) is 0.201. The minimum absolute atomic E-state index is 0.237. The third-order valence-electron chi connectivity index (χ3n) is 6.28. The Morgan fingerprint density at radius 1 is 0.375 bits per heavy atom. The summed E-state index contributed by atoms with van der Waals surface area (Å²) in [5, 5.41) is 5.81. The molecule has 0 saturated heterocycles. The second kappa shape index (κ2) is 12.9. The van der Waals surface area contributed by atoms with Gasteiger partial charge >= 0.3 is 0 Å². The van der Waals surface area contributed by atoms with E-state index in [1.807, 2.05) is 133 Å². The van der Waals surface area contributed by atoms with Crippen LogP contribution in [-0.2, 0) is 0 Å². The van der Waals surface area contributed by atoms with Crippen LogP contribution in [0.25, 0.3) is 24.3 Å². The Hall–Kier alpha value is -5.48. The summed E-state index contributed by atoms with van der Waals surface area (Å²) in [7, 11) is 0. The molecular formula is C36H28N2O2. The van der Waals surface area contributed by atoms with E-state index in [-0.39, 0.29) is 11.8 Å². The zero-order valence-electron chi connectivity index (χ0n) is 21.8. The molecule has 4 nitrogen and oxygen atoms in total. The summed E-state index contributed by atoms with van der Waals surface area (Å²) in [6.07, 6.45) is 8.15. The van der Waals surface area contributed by atoms with Crippen LogP contribution >= 0.6 is 0 Å². The van der Waals surface area contributed by atoms with Crippen molar-refractivity contribution in [1.29, 1.82) is 0 Å². The van der Waals surface area contributed by atoms with Gasteiger partial charge in [0.25, 0.3) is 11.8 Å². The molecule has 2 N–H and O–H groups in total. The largest absolute Gasteiger partial charge is 0.322 e. The molecule has 0 aliphatic heterocycles. The first-order chi connectivity index (χ1) is 19.6. The molecule has 0 fully saturated rings. The van der Waals surface area contributed by atoms with Gasteiger partial charge in [-0.25, -0.2) is 0 Å². The Kier molecular flexibility index (Phi) is 8.40. The lowest BCUT2D eigenvalue weighted by Gasteiger charge is -2.08. The molecule has 5 aromatic carbocycles. The highest BCUT2D eigenvalue weighted by Crippen LogP contribution is 2.17. The maximum absolute atomic E-state index is 12.7. The summed E-state index contributed by atoms with van der Waals surface area (Å²) >= 11 is 0. The number of benzene rings is 5. The van der Waals surface area contributed by atoms with Crippen LogP contribution in [0.1, 0.15) is 43.0 Å². The number of anilines is 2. The molecular weight excluding hydrogens is 492 g/mol. The second-order valence-corrected chi connectivity index (χ2v) is 9.22. The van der Waals surface area contributed by atoms with Crippen molar-refractivity contribution in [2.24, 2.45) is 0 Å². The van der Waals surface area contributed by atoms with Gasteiger partial charge in [0.2, 0.25) is 0 Å². The van der Waals surface area contributed by atoms with Gasteiger partial charge in [0.05, 0.1) is 0 Å². The molecule has 0 aromatic heterocycles. The van der Waals surface area contributed by atoms with Crippen LogP contribution in [-0.4, -0.2) is 11.8 Å². The summed E-state index contributed by atoms with van der Waals surface area (Å²) in [5.41, 5.74) is 6.67. The van der Waals surface area contributed by atoms with E-state index in [2.05, 4.69) is 10.6 Å². The lowest BCUT2D eigenvalue weighted by molar-refractivity contribution is 0.101. The average molecular weight is 521 g/mol. The highest BCUT2D eigenvalue weighted by Gasteiger charge is 2.10. The number of rotatable bonds is 8. The average Bonchev–Trinajstić information content (AvgIpc) is 3.01. The summed E-state index contributed by atoms with van der Waals surface area (Å²) in [6.45, 7) is 0. The fraction of sp³-hybridized carbons (Fsp3) is 0. The van der Waals surface area contributed by atoms with E-state index in [0.29, 0.717) is 22.5 Å². The molecule has 40 heavy (non-hydrogen) atoms. The van der Waals surface area contributed by atoms with E-state index in [9.17, 15) is 9.59 Å². The third kappa shape index (κ3) is 7.30. The third-order valence-corrected chi connectivity index (χ3v) is 6.28. The fourth-order valence-electron chi connectivity index (χ4n) is 4.05. The summed E-state index contributed by atoms with van der Waals surface area (Å²) in [5.74, 6) is -0.475. The van der Waals surface area contributed by atoms with Crippen LogP contribution in [0.4, 0.5) is 11.4 Å². The smallest absolute Gasteiger partial charge is 0.255 e. The van der Waals surface area contributed by atoms with Crippen molar-refractivity contribution in [3.8, 4) is 0 Å². The summed E-state index contributed by atoms with van der Waals surface area (Å²) in [6, 6.07) is 42.1. The summed E-state index contributed by atoms with van der Waals surface area (Å²) < 4.78 is 0. The molecule has 0 atom stereocenters. The Labute approximate surface area is 234 Å². The first-order valence-corrected chi connectivity index (χ1v) is 13.0. The van der Waals surface area contributed by atoms with E-state index in [1.165, 1.54) is 0 Å². The van der Waals surface area contributed by atoms with Crippen LogP contribution in [0.3, 0.4) is 0 Å². The van der Waals surface area contributed by atoms with E-state index in [0.717, 1.165) is 22.3 Å². The SMILES string of the molecule is O=C(Nc1ccc(C=Cc2ccccc2)cc1)c1ccc(C(=O)Nc2ccc(C=Cc3ccccc3)cc2)cc1. The summed E-state index contributed by atoms with van der Waals surface area (Å²) in [4.78, 5) is 25.5. The highest BCUT2D eigenvalue weighted by atomic mass is 16.2. The molecule has 0 saturated carbocycles. The Morgan fingerprint density at radius 2 is 0.675 bits per heavy atom. The number of carbonyl (C=O) groups is 2. The lowest BCUT2D eigenvalue weighted by atomic mass is 10.1. The van der Waals surface area contributed by atoms with Crippen LogP contribution in [0.15, 0.2) is 133 Å². The van der Waals surface area contributed by atoms with E-state index >= 15 is 0 Å². The van der Waals surface area contributed by atoms with Crippen molar-refractivity contribution in [1.82, 2.24) is 0 Å². The number of amides is 2. The number of hydrogen-bond acceptors (Lipinski definition) is 2. The number of nitrogens with one attached hydrogen (secondary N) is 2. The molecule has 4 heteroatoms. The molecule has 2 amide bonds. The molecule has 194 valence electrons. The molecule has 0 aliphatic rings. The van der Waals surface area contributed by atoms with Crippen LogP contribution in [0, 0.1) is 0 Å². The Bertz CT molecular complexity index is 1490. The Morgan fingerprint density at radius 3 is 1.00 bits per heavy atom. The van der Waals surface area contributed by atoms with Crippen molar-refractivity contribution < 1.29 is 9.59 Å². The van der Waals surface area contributed by atoms with Gasteiger partial charge in [-0.1, -0.05) is 109 Å². The normalized spacial score (nSPS) is 11.0. The standard InChI is InChI=1S/C36H28N2O2/c39-35(37-33-23-15-29(16-24-33)13-11-27-7-3-1-4-8-27)31-19-21-32(22-20-31)36(40)38-34-25-17-30(18-26-34)14-12-28-9-5-2-6-10-28/h1-26H,(H,37,39)(H,38,40). The first-order valence-electron chi connectivity index (χ1n) is 13.0. The van der Waals surface area contributed by atoms with Crippen molar-refractivity contribution in [2.75, 3.05) is 10.6 Å². The van der Waals surface area contributed by atoms with Gasteiger partial charge in [-0.2, -0.15) is 0 Å². The van der Waals surface area contributed by atoms with Crippen molar-refractivity contribution in [2.45, 2.75) is 0 Å². The molecule has 0 spiro atoms. The van der Waals surface area contributed by atoms with Gasteiger partial charge in [-0.3, -0.25) is 9.59 Å². The van der Waals surface area contributed by atoms with Crippen molar-refractivity contribution in [3.63, 3.8) is 0 Å². The zero-order chi connectivity index (χ0) is 27.6. The predicted molar refractivity (Wildman–Crippen MR) is 166 cm³/mol. The minimum Gasteiger partial charge on any atom is -0.322 e. The van der Waals surface area contributed by atoms with Gasteiger partial charge in [0.15, 0.2) is 0 Å². The molecule has 0 heterocycles. The van der Waals surface area contributed by atoms with Crippen LogP contribution in [0.2, 0.25) is 0 Å². The van der Waals surface area contributed by atoms with Gasteiger partial charge < -0.3 is 10.6 Å². The monoisotopic (exact) mass is 520 g/mol. The maximum Gasteiger partial charge on any atom is 0.255 e. The topological polar surface area (TPSA) is 58.2 Å². The zero-order valence-corrected chi connectivity index (χ0v) is 21.8. The van der Waals surface area contributed by atoms with Gasteiger partial charge in [0, 0.05) is 22.5 Å². The van der Waals surface area contributed by atoms with Crippen LogP contribution in [0.5, 0.6) is 0 Å². The maximum atomic E-state index is 12.7. The van der Waals surface area contributed by atoms with Gasteiger partial charge in [0.1, 0.15) is 0 Å². The first kappa shape index (κ1) is 26.1. The van der Waals surface area contributed by atoms with Gasteiger partial charge in [-0.05, 0) is 70.8 Å². The lowest BCUT2D eigenvalue weighted by Crippen LogP contribution is -2.14.